The molecular formula is C39H46FNO6. The molecule has 0 aliphatic carbocycles. The second-order valence-corrected chi connectivity index (χ2v) is 13.1. The third-order valence-corrected chi connectivity index (χ3v) is 9.67. The summed E-state index contributed by atoms with van der Waals surface area (Å²) in [5.41, 5.74) is 5.26. The maximum Gasteiger partial charge on any atom is 0.199 e. The van der Waals surface area contributed by atoms with Crippen LogP contribution < -0.4 is 18.9 Å². The Balaban J connectivity index is 1.14. The summed E-state index contributed by atoms with van der Waals surface area (Å²) < 4.78 is 50.2. The van der Waals surface area contributed by atoms with E-state index in [0.29, 0.717) is 6.61 Å². The Labute approximate surface area is 277 Å². The Morgan fingerprint density at radius 3 is 2.21 bits per heavy atom. The Morgan fingerprint density at radius 1 is 0.809 bits per heavy atom. The summed E-state index contributed by atoms with van der Waals surface area (Å²) in [5.74, 6) is 3.35. The van der Waals surface area contributed by atoms with Crippen LogP contribution in [0.3, 0.4) is 0 Å². The zero-order valence-corrected chi connectivity index (χ0v) is 27.3. The van der Waals surface area contributed by atoms with Crippen LogP contribution in [0.15, 0.2) is 66.7 Å². The Morgan fingerprint density at radius 2 is 1.53 bits per heavy atom. The van der Waals surface area contributed by atoms with Gasteiger partial charge in [0.25, 0.3) is 0 Å². The van der Waals surface area contributed by atoms with Crippen molar-refractivity contribution in [3.63, 3.8) is 0 Å². The summed E-state index contributed by atoms with van der Waals surface area (Å²) in [6.45, 7) is 6.51. The van der Waals surface area contributed by atoms with Gasteiger partial charge in [-0.05, 0) is 105 Å². The first kappa shape index (κ1) is 32.0. The minimum absolute atomic E-state index is 0.165. The maximum absolute atomic E-state index is 13.0. The number of hydrogen-bond donors (Lipinski definition) is 0. The van der Waals surface area contributed by atoms with Crippen molar-refractivity contribution in [3.8, 4) is 23.0 Å². The van der Waals surface area contributed by atoms with E-state index in [1.165, 1.54) is 0 Å². The van der Waals surface area contributed by atoms with Crippen LogP contribution in [-0.2, 0) is 9.47 Å². The first-order valence-electron chi connectivity index (χ1n) is 17.3. The highest BCUT2D eigenvalue weighted by Crippen LogP contribution is 2.48. The molecule has 4 aliphatic rings. The Hall–Kier alpha value is -3.59. The van der Waals surface area contributed by atoms with Crippen LogP contribution >= 0.6 is 0 Å². The van der Waals surface area contributed by atoms with E-state index in [-0.39, 0.29) is 31.3 Å². The molecule has 8 heteroatoms. The first-order valence-corrected chi connectivity index (χ1v) is 17.3. The molecule has 0 N–H and O–H groups in total. The van der Waals surface area contributed by atoms with Crippen LogP contribution in [0.1, 0.15) is 74.7 Å². The van der Waals surface area contributed by atoms with Gasteiger partial charge < -0.3 is 28.4 Å². The van der Waals surface area contributed by atoms with Crippen LogP contribution in [0.4, 0.5) is 4.39 Å². The molecule has 0 bridgehead atoms. The van der Waals surface area contributed by atoms with Crippen molar-refractivity contribution in [2.75, 3.05) is 46.1 Å². The van der Waals surface area contributed by atoms with E-state index in [2.05, 4.69) is 42.2 Å². The van der Waals surface area contributed by atoms with Crippen LogP contribution in [0.5, 0.6) is 23.0 Å². The fourth-order valence-electron chi connectivity index (χ4n) is 7.03. The van der Waals surface area contributed by atoms with Gasteiger partial charge in [0.2, 0.25) is 0 Å². The average Bonchev–Trinajstić information content (AvgIpc) is 3.58. The predicted octanol–water partition coefficient (Wildman–Crippen LogP) is 8.23. The van der Waals surface area contributed by atoms with Gasteiger partial charge in [-0.15, -0.1) is 0 Å². The molecule has 3 aromatic carbocycles. The predicted molar refractivity (Wildman–Crippen MR) is 180 cm³/mol. The molecule has 0 radical (unpaired) electrons. The third kappa shape index (κ3) is 7.77. The van der Waals surface area contributed by atoms with Crippen LogP contribution in [0.2, 0.25) is 0 Å². The molecule has 4 heterocycles. The highest BCUT2D eigenvalue weighted by molar-refractivity contribution is 5.96. The fraction of sp³-hybridized carbons (Fsp3) is 0.487. The summed E-state index contributed by atoms with van der Waals surface area (Å²) in [5, 5.41) is 0. The van der Waals surface area contributed by atoms with Gasteiger partial charge in [-0.1, -0.05) is 24.3 Å². The first-order chi connectivity index (χ1) is 23.1. The van der Waals surface area contributed by atoms with Crippen molar-refractivity contribution in [2.45, 2.75) is 70.6 Å². The molecule has 0 aromatic heterocycles. The number of allylic oxidation sites excluding steroid dienone is 1. The molecule has 3 aromatic rings. The van der Waals surface area contributed by atoms with Crippen molar-refractivity contribution in [3.05, 3.63) is 83.4 Å². The third-order valence-electron chi connectivity index (χ3n) is 9.67. The largest absolute Gasteiger partial charge is 0.492 e. The van der Waals surface area contributed by atoms with E-state index in [9.17, 15) is 4.39 Å². The van der Waals surface area contributed by atoms with Crippen LogP contribution in [0, 0.1) is 5.92 Å². The molecule has 4 atom stereocenters. The lowest BCUT2D eigenvalue weighted by Crippen LogP contribution is -2.26. The van der Waals surface area contributed by atoms with Crippen molar-refractivity contribution in [1.29, 1.82) is 0 Å². The number of ether oxygens (including phenoxy) is 6. The topological polar surface area (TPSA) is 58.6 Å². The number of hydrogen-bond acceptors (Lipinski definition) is 7. The normalized spacial score (nSPS) is 24.8. The fourth-order valence-corrected chi connectivity index (χ4v) is 7.03. The highest BCUT2D eigenvalue weighted by atomic mass is 19.1. The highest BCUT2D eigenvalue weighted by Gasteiger charge is 2.31. The number of alkyl halides is 1. The van der Waals surface area contributed by atoms with E-state index in [1.54, 1.807) is 0 Å². The molecule has 7 rings (SSSR count). The number of rotatable bonds is 11. The lowest BCUT2D eigenvalue weighted by Gasteiger charge is -2.32. The van der Waals surface area contributed by atoms with Gasteiger partial charge in [0.15, 0.2) is 12.6 Å². The van der Waals surface area contributed by atoms with Gasteiger partial charge in [-0.2, -0.15) is 0 Å². The number of fused-ring (bicyclic) bond motifs is 1. The standard InChI is InChI=1S/C39H46FNO6/c1-27-34-24-33(46-37-10-3-5-21-44-37)15-16-35(34)47-39(38(27)30-7-6-8-32(23-30)45-36-9-2-4-20-43-36)29-11-13-31(14-12-29)42-22-19-41-18-17-28(25-40)26-41/h6-8,11-16,23-24,28,36-37,39H,2-5,9-10,17-22,25-26H2,1H3/t28-,36?,37?,39?/m0/s1. The van der Waals surface area contributed by atoms with Crippen LogP contribution in [-0.4, -0.2) is 63.6 Å². The molecule has 0 amide bonds. The monoisotopic (exact) mass is 643 g/mol. The minimum atomic E-state index is -0.339. The molecule has 4 aliphatic heterocycles. The van der Waals surface area contributed by atoms with E-state index >= 15 is 0 Å². The van der Waals surface area contributed by atoms with E-state index in [0.717, 1.165) is 129 Å². The van der Waals surface area contributed by atoms with E-state index < -0.39 is 0 Å². The van der Waals surface area contributed by atoms with Gasteiger partial charge in [-0.25, -0.2) is 0 Å². The maximum atomic E-state index is 13.0. The quantitative estimate of drug-likeness (QED) is 0.209. The van der Waals surface area contributed by atoms with Crippen molar-refractivity contribution < 1.29 is 32.8 Å². The van der Waals surface area contributed by atoms with E-state index in [1.807, 2.05) is 36.4 Å². The SMILES string of the molecule is CC1=C(c2cccc(OC3CCCCO3)c2)C(c2ccc(OCCN3CC[C@@H](CF)C3)cc2)Oc2ccc(OC3CCCCO3)cc21. The minimum Gasteiger partial charge on any atom is -0.492 e. The van der Waals surface area contributed by atoms with Crippen molar-refractivity contribution in [2.24, 2.45) is 5.92 Å². The van der Waals surface area contributed by atoms with Gasteiger partial charge in [0.05, 0.1) is 19.9 Å². The molecule has 3 fully saturated rings. The summed E-state index contributed by atoms with van der Waals surface area (Å²) in [6.07, 6.45) is 6.30. The smallest absolute Gasteiger partial charge is 0.199 e. The van der Waals surface area contributed by atoms with Gasteiger partial charge in [0.1, 0.15) is 35.7 Å². The zero-order chi connectivity index (χ0) is 32.0. The number of halogens is 1. The number of nitrogens with zero attached hydrogens (tertiary/aromatic N) is 1. The molecular weight excluding hydrogens is 597 g/mol. The Kier molecular flexibility index (Phi) is 10.3. The van der Waals surface area contributed by atoms with Gasteiger partial charge in [0, 0.05) is 43.0 Å². The van der Waals surface area contributed by atoms with Crippen LogP contribution in [0.25, 0.3) is 11.1 Å². The lowest BCUT2D eigenvalue weighted by atomic mass is 9.86. The van der Waals surface area contributed by atoms with Crippen molar-refractivity contribution in [1.82, 2.24) is 4.90 Å². The van der Waals surface area contributed by atoms with Gasteiger partial charge >= 0.3 is 0 Å². The average molecular weight is 644 g/mol. The molecule has 7 nitrogen and oxygen atoms in total. The molecule has 3 saturated heterocycles. The molecule has 3 unspecified atom stereocenters. The summed E-state index contributed by atoms with van der Waals surface area (Å²) in [6, 6.07) is 22.5. The number of likely N-dealkylation sites (tertiary alicyclic amines) is 1. The second kappa shape index (κ2) is 15.1. The summed E-state index contributed by atoms with van der Waals surface area (Å²) in [4.78, 5) is 2.28. The molecule has 0 spiro atoms. The second-order valence-electron chi connectivity index (χ2n) is 13.1. The zero-order valence-electron chi connectivity index (χ0n) is 27.3. The lowest BCUT2D eigenvalue weighted by molar-refractivity contribution is -0.106. The molecule has 0 saturated carbocycles. The summed E-state index contributed by atoms with van der Waals surface area (Å²) in [7, 11) is 0. The molecule has 250 valence electrons. The van der Waals surface area contributed by atoms with Crippen molar-refractivity contribution >= 4 is 11.1 Å². The Bertz CT molecular complexity index is 1510. The van der Waals surface area contributed by atoms with E-state index in [4.69, 9.17) is 28.4 Å². The van der Waals surface area contributed by atoms with Gasteiger partial charge in [-0.3, -0.25) is 9.29 Å². The molecule has 47 heavy (non-hydrogen) atoms. The summed E-state index contributed by atoms with van der Waals surface area (Å²) >= 11 is 0. The number of benzene rings is 3.